The van der Waals surface area contributed by atoms with Gasteiger partial charge in [-0.1, -0.05) is 0 Å². The van der Waals surface area contributed by atoms with E-state index in [4.69, 9.17) is 15.6 Å². The lowest BCUT2D eigenvalue weighted by Crippen LogP contribution is -2.43. The van der Waals surface area contributed by atoms with Gasteiger partial charge in [-0.15, -0.1) is 0 Å². The molecule has 1 heterocycles. The summed E-state index contributed by atoms with van der Waals surface area (Å²) in [4.78, 5) is 16.1. The molecule has 0 aromatic heterocycles. The van der Waals surface area contributed by atoms with Crippen LogP contribution in [0.2, 0.25) is 0 Å². The van der Waals surface area contributed by atoms with Crippen LogP contribution in [0.1, 0.15) is 38.5 Å². The van der Waals surface area contributed by atoms with Gasteiger partial charge in [0.05, 0.1) is 31.5 Å². The van der Waals surface area contributed by atoms with E-state index in [1.807, 2.05) is 12.1 Å². The van der Waals surface area contributed by atoms with Crippen LogP contribution < -0.4 is 0 Å². The van der Waals surface area contributed by atoms with Crippen molar-refractivity contribution in [1.82, 2.24) is 9.80 Å². The maximum Gasteiger partial charge on any atom is 0.236 e. The predicted molar refractivity (Wildman–Crippen MR) is 78.0 cm³/mol. The van der Waals surface area contributed by atoms with Crippen LogP contribution >= 0.6 is 0 Å². The number of aliphatic hydroxyl groups excluding tert-OH is 1. The van der Waals surface area contributed by atoms with Crippen molar-refractivity contribution in [1.29, 1.82) is 10.5 Å². The fourth-order valence-electron chi connectivity index (χ4n) is 2.76. The highest BCUT2D eigenvalue weighted by atomic mass is 16.3. The summed E-state index contributed by atoms with van der Waals surface area (Å²) in [5, 5.41) is 26.2. The Hall–Kier alpha value is -1.63. The second-order valence-corrected chi connectivity index (χ2v) is 5.33. The molecule has 6 heteroatoms. The van der Waals surface area contributed by atoms with Crippen molar-refractivity contribution in [2.75, 3.05) is 32.8 Å². The molecule has 0 spiro atoms. The zero-order valence-electron chi connectivity index (χ0n) is 12.5. The molecule has 1 unspecified atom stereocenters. The Bertz CT molecular complexity index is 381. The summed E-state index contributed by atoms with van der Waals surface area (Å²) in [6.07, 6.45) is 4.43. The van der Waals surface area contributed by atoms with Crippen LogP contribution in [0.25, 0.3) is 0 Å². The Labute approximate surface area is 126 Å². The molecule has 1 amide bonds. The number of hydrogen-bond donors (Lipinski definition) is 1. The van der Waals surface area contributed by atoms with E-state index in [2.05, 4.69) is 4.90 Å². The minimum Gasteiger partial charge on any atom is -0.396 e. The standard InChI is InChI=1S/C15H24N4O2/c16-7-3-10-18(11-4-8-17)15(21)13-19-9-1-5-14(19)6-2-12-20/h14,20H,1-6,9-13H2. The van der Waals surface area contributed by atoms with Crippen molar-refractivity contribution < 1.29 is 9.90 Å². The average molecular weight is 292 g/mol. The summed E-state index contributed by atoms with van der Waals surface area (Å²) < 4.78 is 0. The molecular formula is C15H24N4O2. The Morgan fingerprint density at radius 3 is 2.52 bits per heavy atom. The zero-order chi connectivity index (χ0) is 15.5. The van der Waals surface area contributed by atoms with Crippen LogP contribution in [-0.2, 0) is 4.79 Å². The highest BCUT2D eigenvalue weighted by Gasteiger charge is 2.27. The van der Waals surface area contributed by atoms with Crippen LogP contribution in [0, 0.1) is 22.7 Å². The molecule has 6 nitrogen and oxygen atoms in total. The molecule has 1 saturated heterocycles. The van der Waals surface area contributed by atoms with Gasteiger partial charge in [0, 0.05) is 25.7 Å². The topological polar surface area (TPSA) is 91.4 Å². The van der Waals surface area contributed by atoms with Crippen LogP contribution in [0.4, 0.5) is 0 Å². The molecule has 0 aromatic rings. The van der Waals surface area contributed by atoms with Gasteiger partial charge in [-0.3, -0.25) is 9.69 Å². The van der Waals surface area contributed by atoms with Gasteiger partial charge in [0.25, 0.3) is 0 Å². The quantitative estimate of drug-likeness (QED) is 0.681. The largest absolute Gasteiger partial charge is 0.396 e. The highest BCUT2D eigenvalue weighted by molar-refractivity contribution is 5.78. The van der Waals surface area contributed by atoms with Crippen molar-refractivity contribution in [2.24, 2.45) is 0 Å². The molecule has 1 N–H and O–H groups in total. The third-order valence-corrected chi connectivity index (χ3v) is 3.87. The van der Waals surface area contributed by atoms with E-state index in [9.17, 15) is 4.79 Å². The van der Waals surface area contributed by atoms with Crippen LogP contribution in [0.15, 0.2) is 0 Å². The molecule has 1 aliphatic rings. The summed E-state index contributed by atoms with van der Waals surface area (Å²) in [6, 6.07) is 4.45. The first-order valence-electron chi connectivity index (χ1n) is 7.59. The number of likely N-dealkylation sites (tertiary alicyclic amines) is 1. The van der Waals surface area contributed by atoms with Crippen molar-refractivity contribution in [3.63, 3.8) is 0 Å². The Morgan fingerprint density at radius 1 is 1.29 bits per heavy atom. The first kappa shape index (κ1) is 17.4. The number of hydrogen-bond acceptors (Lipinski definition) is 5. The smallest absolute Gasteiger partial charge is 0.236 e. The van der Waals surface area contributed by atoms with Gasteiger partial charge in [-0.25, -0.2) is 0 Å². The molecule has 0 saturated carbocycles. The first-order chi connectivity index (χ1) is 10.2. The van der Waals surface area contributed by atoms with Crippen LogP contribution in [0.3, 0.4) is 0 Å². The van der Waals surface area contributed by atoms with E-state index in [1.165, 1.54) is 0 Å². The third kappa shape index (κ3) is 6.12. The number of aliphatic hydroxyl groups is 1. The monoisotopic (exact) mass is 292 g/mol. The summed E-state index contributed by atoms with van der Waals surface area (Å²) in [5.74, 6) is -0.00333. The lowest BCUT2D eigenvalue weighted by Gasteiger charge is -2.27. The van der Waals surface area contributed by atoms with Crippen molar-refractivity contribution in [3.05, 3.63) is 0 Å². The molecule has 0 aliphatic carbocycles. The molecule has 0 radical (unpaired) electrons. The summed E-state index contributed by atoms with van der Waals surface area (Å²) in [6.45, 7) is 2.24. The second kappa shape index (κ2) is 10.1. The second-order valence-electron chi connectivity index (χ2n) is 5.33. The van der Waals surface area contributed by atoms with E-state index in [0.717, 1.165) is 32.2 Å². The van der Waals surface area contributed by atoms with E-state index < -0.39 is 0 Å². The minimum atomic E-state index is -0.00333. The molecule has 1 rings (SSSR count). The molecule has 1 fully saturated rings. The van der Waals surface area contributed by atoms with E-state index >= 15 is 0 Å². The maximum atomic E-state index is 12.3. The van der Waals surface area contributed by atoms with Crippen molar-refractivity contribution >= 4 is 5.91 Å². The lowest BCUT2D eigenvalue weighted by atomic mass is 10.1. The number of amides is 1. The van der Waals surface area contributed by atoms with Gasteiger partial charge in [-0.05, 0) is 32.2 Å². The van der Waals surface area contributed by atoms with Gasteiger partial charge < -0.3 is 10.0 Å². The summed E-state index contributed by atoms with van der Waals surface area (Å²) >= 11 is 0. The van der Waals surface area contributed by atoms with Gasteiger partial charge in [0.15, 0.2) is 0 Å². The van der Waals surface area contributed by atoms with Gasteiger partial charge in [-0.2, -0.15) is 10.5 Å². The number of rotatable bonds is 9. The lowest BCUT2D eigenvalue weighted by molar-refractivity contribution is -0.132. The molecule has 21 heavy (non-hydrogen) atoms. The van der Waals surface area contributed by atoms with Gasteiger partial charge >= 0.3 is 0 Å². The Balaban J connectivity index is 2.50. The summed E-state index contributed by atoms with van der Waals surface area (Å²) in [7, 11) is 0. The predicted octanol–water partition coefficient (Wildman–Crippen LogP) is 0.879. The van der Waals surface area contributed by atoms with Gasteiger partial charge in [0.1, 0.15) is 0 Å². The zero-order valence-corrected chi connectivity index (χ0v) is 12.5. The van der Waals surface area contributed by atoms with Crippen molar-refractivity contribution in [2.45, 2.75) is 44.6 Å². The molecule has 116 valence electrons. The van der Waals surface area contributed by atoms with Crippen LogP contribution in [0.5, 0.6) is 0 Å². The maximum absolute atomic E-state index is 12.3. The normalized spacial score (nSPS) is 18.1. The van der Waals surface area contributed by atoms with E-state index in [-0.39, 0.29) is 12.5 Å². The molecule has 1 aliphatic heterocycles. The SMILES string of the molecule is N#CCCN(CCC#N)C(=O)CN1CCCC1CCCO. The number of nitriles is 2. The fraction of sp³-hybridized carbons (Fsp3) is 0.800. The van der Waals surface area contributed by atoms with Gasteiger partial charge in [0.2, 0.25) is 5.91 Å². The van der Waals surface area contributed by atoms with E-state index in [1.54, 1.807) is 4.90 Å². The van der Waals surface area contributed by atoms with E-state index in [0.29, 0.717) is 38.5 Å². The Kier molecular flexibility index (Phi) is 8.42. The number of nitrogens with zero attached hydrogens (tertiary/aromatic N) is 4. The number of carbonyl (C=O) groups is 1. The number of carbonyl (C=O) groups excluding carboxylic acids is 1. The molecule has 1 atom stereocenters. The highest BCUT2D eigenvalue weighted by Crippen LogP contribution is 2.21. The fourth-order valence-corrected chi connectivity index (χ4v) is 2.76. The first-order valence-corrected chi connectivity index (χ1v) is 7.59. The molecular weight excluding hydrogens is 268 g/mol. The van der Waals surface area contributed by atoms with Crippen LogP contribution in [-0.4, -0.2) is 59.6 Å². The van der Waals surface area contributed by atoms with Crippen molar-refractivity contribution in [3.8, 4) is 12.1 Å². The summed E-state index contributed by atoms with van der Waals surface area (Å²) in [5.41, 5.74) is 0. The molecule has 0 bridgehead atoms. The molecule has 0 aromatic carbocycles. The minimum absolute atomic E-state index is 0.00333. The average Bonchev–Trinajstić information content (AvgIpc) is 2.92. The third-order valence-electron chi connectivity index (χ3n) is 3.87. The Morgan fingerprint density at radius 2 is 1.95 bits per heavy atom.